The fourth-order valence-corrected chi connectivity index (χ4v) is 2.62. The molecule has 4 N–H and O–H groups in total. The molecule has 6 nitrogen and oxygen atoms in total. The summed E-state index contributed by atoms with van der Waals surface area (Å²) in [7, 11) is 0. The predicted molar refractivity (Wildman–Crippen MR) is 76.7 cm³/mol. The van der Waals surface area contributed by atoms with Crippen LogP contribution < -0.4 is 5.73 Å². The molecular weight excluding hydrogens is 256 g/mol. The number of rotatable bonds is 5. The average Bonchev–Trinajstić information content (AvgIpc) is 2.48. The summed E-state index contributed by atoms with van der Waals surface area (Å²) in [5, 5.41) is 22.0. The van der Waals surface area contributed by atoms with Crippen LogP contribution in [0.2, 0.25) is 0 Å². The molecule has 1 aromatic heterocycles. The zero-order chi connectivity index (χ0) is 14.4. The first-order chi connectivity index (χ1) is 9.70. The van der Waals surface area contributed by atoms with E-state index in [1.165, 1.54) is 19.3 Å². The van der Waals surface area contributed by atoms with Gasteiger partial charge in [0.2, 0.25) is 0 Å². The van der Waals surface area contributed by atoms with Gasteiger partial charge in [-0.2, -0.15) is 0 Å². The fraction of sp³-hybridized carbons (Fsp3) is 0.571. The number of nitrogens with two attached hydrogens (primary N) is 1. The highest BCUT2D eigenvalue weighted by Crippen LogP contribution is 2.12. The molecule has 1 saturated heterocycles. The number of amidine groups is 1. The van der Waals surface area contributed by atoms with Gasteiger partial charge in [0.25, 0.3) is 0 Å². The highest BCUT2D eigenvalue weighted by atomic mass is 16.4. The van der Waals surface area contributed by atoms with E-state index in [0.717, 1.165) is 13.1 Å². The normalized spacial score (nSPS) is 18.9. The van der Waals surface area contributed by atoms with Crippen molar-refractivity contribution in [2.75, 3.05) is 19.6 Å². The van der Waals surface area contributed by atoms with E-state index in [9.17, 15) is 5.11 Å². The number of hydrogen-bond acceptors (Lipinski definition) is 5. The summed E-state index contributed by atoms with van der Waals surface area (Å²) in [6, 6.07) is 3.47. The molecule has 0 aliphatic carbocycles. The molecule has 20 heavy (non-hydrogen) atoms. The number of pyridine rings is 1. The summed E-state index contributed by atoms with van der Waals surface area (Å²) in [5.41, 5.74) is 6.86. The van der Waals surface area contributed by atoms with Crippen LogP contribution in [0.25, 0.3) is 0 Å². The van der Waals surface area contributed by atoms with Gasteiger partial charge in [0, 0.05) is 24.7 Å². The molecule has 110 valence electrons. The van der Waals surface area contributed by atoms with E-state index in [2.05, 4.69) is 15.0 Å². The highest BCUT2D eigenvalue weighted by Gasteiger charge is 2.17. The van der Waals surface area contributed by atoms with Crippen molar-refractivity contribution >= 4 is 5.84 Å². The molecule has 0 spiro atoms. The Kier molecular flexibility index (Phi) is 5.31. The van der Waals surface area contributed by atoms with Gasteiger partial charge in [-0.05, 0) is 38.1 Å². The van der Waals surface area contributed by atoms with Crippen LogP contribution in [0.15, 0.2) is 23.5 Å². The van der Waals surface area contributed by atoms with E-state index < -0.39 is 6.10 Å². The van der Waals surface area contributed by atoms with Crippen LogP contribution in [0.3, 0.4) is 0 Å². The summed E-state index contributed by atoms with van der Waals surface area (Å²) in [6.07, 6.45) is 5.24. The largest absolute Gasteiger partial charge is 0.409 e. The van der Waals surface area contributed by atoms with Crippen LogP contribution in [-0.4, -0.2) is 51.8 Å². The van der Waals surface area contributed by atoms with Crippen molar-refractivity contribution in [1.29, 1.82) is 0 Å². The van der Waals surface area contributed by atoms with Crippen LogP contribution in [0.1, 0.15) is 30.5 Å². The first kappa shape index (κ1) is 14.7. The molecule has 1 atom stereocenters. The molecule has 1 fully saturated rings. The van der Waals surface area contributed by atoms with Gasteiger partial charge in [0.05, 0.1) is 11.8 Å². The fourth-order valence-electron chi connectivity index (χ4n) is 2.62. The van der Waals surface area contributed by atoms with E-state index in [4.69, 9.17) is 10.9 Å². The molecule has 1 aliphatic heterocycles. The summed E-state index contributed by atoms with van der Waals surface area (Å²) in [4.78, 5) is 6.51. The van der Waals surface area contributed by atoms with Gasteiger partial charge in [0.1, 0.15) is 0 Å². The van der Waals surface area contributed by atoms with Crippen molar-refractivity contribution in [2.24, 2.45) is 10.9 Å². The minimum absolute atomic E-state index is 0.0262. The second kappa shape index (κ2) is 7.21. The third kappa shape index (κ3) is 3.91. The molecule has 2 heterocycles. The maximum atomic E-state index is 10.2. The van der Waals surface area contributed by atoms with Gasteiger partial charge < -0.3 is 20.9 Å². The molecule has 1 aromatic rings. The second-order valence-corrected chi connectivity index (χ2v) is 5.20. The number of β-amino-alcohol motifs (C(OH)–C–C–N with tert-alkyl or cyclic N) is 1. The lowest BCUT2D eigenvalue weighted by atomic mass is 10.1. The highest BCUT2D eigenvalue weighted by molar-refractivity contribution is 5.97. The van der Waals surface area contributed by atoms with Gasteiger partial charge >= 0.3 is 0 Å². The molecular formula is C14H22N4O2. The third-order valence-electron chi connectivity index (χ3n) is 3.62. The number of aliphatic hydroxyl groups excluding tert-OH is 1. The molecule has 0 saturated carbocycles. The van der Waals surface area contributed by atoms with Crippen molar-refractivity contribution < 1.29 is 10.3 Å². The number of aromatic nitrogens is 1. The summed E-state index contributed by atoms with van der Waals surface area (Å²) in [5.74, 6) is 0.0262. The Morgan fingerprint density at radius 1 is 1.40 bits per heavy atom. The quantitative estimate of drug-likeness (QED) is 0.317. The zero-order valence-electron chi connectivity index (χ0n) is 11.6. The standard InChI is InChI=1S/C14H22N4O2/c15-14(17-20)12-5-4-6-16-13(12)9-11(19)10-18-7-2-1-3-8-18/h4-6,11,19-20H,1-3,7-10H2,(H2,15,17). The van der Waals surface area contributed by atoms with Crippen molar-refractivity contribution in [2.45, 2.75) is 31.8 Å². The monoisotopic (exact) mass is 278 g/mol. The maximum absolute atomic E-state index is 10.2. The van der Waals surface area contributed by atoms with Crippen LogP contribution in [0, 0.1) is 0 Å². The number of aliphatic hydroxyl groups is 1. The second-order valence-electron chi connectivity index (χ2n) is 5.20. The lowest BCUT2D eigenvalue weighted by Crippen LogP contribution is -2.37. The Morgan fingerprint density at radius 3 is 2.85 bits per heavy atom. The summed E-state index contributed by atoms with van der Waals surface area (Å²) < 4.78 is 0. The van der Waals surface area contributed by atoms with Crippen molar-refractivity contribution in [3.8, 4) is 0 Å². The molecule has 0 aromatic carbocycles. The molecule has 2 rings (SSSR count). The van der Waals surface area contributed by atoms with E-state index in [-0.39, 0.29) is 5.84 Å². The molecule has 1 unspecified atom stereocenters. The van der Waals surface area contributed by atoms with Gasteiger partial charge in [-0.1, -0.05) is 11.6 Å². The molecule has 0 amide bonds. The van der Waals surface area contributed by atoms with E-state index >= 15 is 0 Å². The Bertz CT molecular complexity index is 458. The SMILES string of the molecule is NC(=NO)c1cccnc1CC(O)CN1CCCCC1. The van der Waals surface area contributed by atoms with Gasteiger partial charge in [0.15, 0.2) is 5.84 Å². The van der Waals surface area contributed by atoms with Crippen LogP contribution in [0.4, 0.5) is 0 Å². The topological polar surface area (TPSA) is 95.0 Å². The Morgan fingerprint density at radius 2 is 2.15 bits per heavy atom. The Balaban J connectivity index is 1.98. The van der Waals surface area contributed by atoms with Crippen molar-refractivity contribution in [3.63, 3.8) is 0 Å². The predicted octanol–water partition coefficient (Wildman–Crippen LogP) is 0.565. The Hall–Kier alpha value is -1.66. The molecule has 6 heteroatoms. The van der Waals surface area contributed by atoms with Crippen LogP contribution in [-0.2, 0) is 6.42 Å². The number of hydrogen-bond donors (Lipinski definition) is 3. The van der Waals surface area contributed by atoms with Crippen molar-refractivity contribution in [3.05, 3.63) is 29.6 Å². The lowest BCUT2D eigenvalue weighted by molar-refractivity contribution is 0.101. The maximum Gasteiger partial charge on any atom is 0.171 e. The van der Waals surface area contributed by atoms with Crippen LogP contribution in [0.5, 0.6) is 0 Å². The van der Waals surface area contributed by atoms with Crippen molar-refractivity contribution in [1.82, 2.24) is 9.88 Å². The lowest BCUT2D eigenvalue weighted by Gasteiger charge is -2.28. The van der Waals surface area contributed by atoms with E-state index in [1.54, 1.807) is 18.3 Å². The summed E-state index contributed by atoms with van der Waals surface area (Å²) in [6.45, 7) is 2.74. The third-order valence-corrected chi connectivity index (χ3v) is 3.62. The average molecular weight is 278 g/mol. The van der Waals surface area contributed by atoms with Gasteiger partial charge in [-0.3, -0.25) is 4.98 Å². The van der Waals surface area contributed by atoms with E-state index in [0.29, 0.717) is 24.2 Å². The minimum atomic E-state index is -0.492. The molecule has 0 bridgehead atoms. The van der Waals surface area contributed by atoms with E-state index in [1.807, 2.05) is 0 Å². The smallest absolute Gasteiger partial charge is 0.171 e. The Labute approximate surface area is 118 Å². The minimum Gasteiger partial charge on any atom is -0.409 e. The number of nitrogens with zero attached hydrogens (tertiary/aromatic N) is 3. The number of oxime groups is 1. The first-order valence-corrected chi connectivity index (χ1v) is 7.03. The number of likely N-dealkylation sites (tertiary alicyclic amines) is 1. The summed E-state index contributed by atoms with van der Waals surface area (Å²) >= 11 is 0. The first-order valence-electron chi connectivity index (χ1n) is 7.03. The molecule has 1 aliphatic rings. The van der Waals surface area contributed by atoms with Gasteiger partial charge in [-0.25, -0.2) is 0 Å². The number of piperidine rings is 1. The molecule has 0 radical (unpaired) electrons. The zero-order valence-corrected chi connectivity index (χ0v) is 11.6. The van der Waals surface area contributed by atoms with Gasteiger partial charge in [-0.15, -0.1) is 0 Å². The van der Waals surface area contributed by atoms with Crippen LogP contribution >= 0.6 is 0 Å².